The molecule has 1 aliphatic rings. The van der Waals surface area contributed by atoms with Crippen molar-refractivity contribution >= 4 is 32.5 Å². The molecule has 1 aliphatic heterocycles. The fraction of sp³-hybridized carbons (Fsp3) is 0.263. The van der Waals surface area contributed by atoms with E-state index in [2.05, 4.69) is 17.1 Å². The van der Waals surface area contributed by atoms with E-state index in [1.54, 1.807) is 28.6 Å². The Kier molecular flexibility index (Phi) is 4.31. The number of piperidine rings is 1. The summed E-state index contributed by atoms with van der Waals surface area (Å²) in [7, 11) is -3.58. The molecule has 4 nitrogen and oxygen atoms in total. The monoisotopic (exact) mass is 374 g/mol. The van der Waals surface area contributed by atoms with Gasteiger partial charge in [-0.15, -0.1) is 0 Å². The largest absolute Gasteiger partial charge is 0.358 e. The van der Waals surface area contributed by atoms with Gasteiger partial charge in [0.1, 0.15) is 4.90 Å². The van der Waals surface area contributed by atoms with Crippen LogP contribution in [0.25, 0.3) is 10.9 Å². The van der Waals surface area contributed by atoms with Crippen LogP contribution >= 0.6 is 11.6 Å². The van der Waals surface area contributed by atoms with Crippen molar-refractivity contribution in [3.05, 3.63) is 65.3 Å². The summed E-state index contributed by atoms with van der Waals surface area (Å²) in [6.45, 7) is 1.00. The van der Waals surface area contributed by atoms with Crippen molar-refractivity contribution in [2.75, 3.05) is 13.1 Å². The molecule has 0 aliphatic carbocycles. The van der Waals surface area contributed by atoms with Crippen molar-refractivity contribution in [2.45, 2.75) is 23.7 Å². The molecule has 130 valence electrons. The van der Waals surface area contributed by atoms with E-state index in [-0.39, 0.29) is 15.8 Å². The Labute approximate surface area is 152 Å². The number of nitrogens with one attached hydrogen (secondary N) is 1. The van der Waals surface area contributed by atoms with E-state index in [1.807, 2.05) is 18.2 Å². The van der Waals surface area contributed by atoms with Crippen LogP contribution in [0, 0.1) is 0 Å². The summed E-state index contributed by atoms with van der Waals surface area (Å²) < 4.78 is 27.5. The van der Waals surface area contributed by atoms with E-state index < -0.39 is 10.0 Å². The molecule has 2 aromatic carbocycles. The van der Waals surface area contributed by atoms with E-state index in [0.717, 1.165) is 29.4 Å². The van der Waals surface area contributed by atoms with Gasteiger partial charge in [-0.2, -0.15) is 4.31 Å². The fourth-order valence-electron chi connectivity index (χ4n) is 3.52. The van der Waals surface area contributed by atoms with Gasteiger partial charge >= 0.3 is 0 Å². The molecular formula is C19H19ClN2O2S. The lowest BCUT2D eigenvalue weighted by molar-refractivity contribution is 0.313. The number of rotatable bonds is 3. The molecule has 1 atom stereocenters. The number of H-pyrrole nitrogens is 1. The summed E-state index contributed by atoms with van der Waals surface area (Å²) in [5.41, 5.74) is 2.18. The smallest absolute Gasteiger partial charge is 0.244 e. The number of nitrogens with zero attached hydrogens (tertiary/aromatic N) is 1. The van der Waals surface area contributed by atoms with Gasteiger partial charge < -0.3 is 4.98 Å². The topological polar surface area (TPSA) is 53.2 Å². The predicted molar refractivity (Wildman–Crippen MR) is 100 cm³/mol. The molecular weight excluding hydrogens is 356 g/mol. The molecule has 3 aromatic rings. The predicted octanol–water partition coefficient (Wildman–Crippen LogP) is 4.39. The molecule has 4 rings (SSSR count). The van der Waals surface area contributed by atoms with Crippen LogP contribution in [-0.2, 0) is 10.0 Å². The van der Waals surface area contributed by atoms with E-state index >= 15 is 0 Å². The van der Waals surface area contributed by atoms with Crippen LogP contribution in [0.15, 0.2) is 59.5 Å². The van der Waals surface area contributed by atoms with E-state index in [0.29, 0.717) is 13.1 Å². The lowest BCUT2D eigenvalue weighted by atomic mass is 9.96. The van der Waals surface area contributed by atoms with Gasteiger partial charge in [0.25, 0.3) is 0 Å². The third-order valence-corrected chi connectivity index (χ3v) is 7.19. The van der Waals surface area contributed by atoms with Crippen LogP contribution in [0.5, 0.6) is 0 Å². The maximum absolute atomic E-state index is 13.0. The second-order valence-electron chi connectivity index (χ2n) is 6.44. The van der Waals surface area contributed by atoms with Gasteiger partial charge in [0.2, 0.25) is 10.0 Å². The maximum atomic E-state index is 13.0. The molecule has 0 saturated carbocycles. The average Bonchev–Trinajstić information content (AvgIpc) is 3.06. The number of aromatic nitrogens is 1. The number of hydrogen-bond acceptors (Lipinski definition) is 2. The van der Waals surface area contributed by atoms with Crippen LogP contribution in [0.3, 0.4) is 0 Å². The zero-order valence-corrected chi connectivity index (χ0v) is 15.2. The third-order valence-electron chi connectivity index (χ3n) is 4.83. The van der Waals surface area contributed by atoms with Gasteiger partial charge in [-0.05, 0) is 42.5 Å². The Morgan fingerprint density at radius 2 is 1.84 bits per heavy atom. The third kappa shape index (κ3) is 3.08. The Bertz CT molecular complexity index is 980. The molecule has 0 spiro atoms. The minimum Gasteiger partial charge on any atom is -0.358 e. The van der Waals surface area contributed by atoms with E-state index in [9.17, 15) is 8.42 Å². The minimum atomic E-state index is -3.58. The standard InChI is InChI=1S/C19H19ClN2O2S/c20-16-8-2-4-10-19(16)25(23,24)22-11-5-7-15(13-22)18-12-14-6-1-3-9-17(14)21-18/h1-4,6,8-10,12,15,21H,5,7,11,13H2. The first-order chi connectivity index (χ1) is 12.1. The summed E-state index contributed by atoms with van der Waals surface area (Å²) in [6, 6.07) is 16.9. The lowest BCUT2D eigenvalue weighted by Gasteiger charge is -2.31. The first-order valence-electron chi connectivity index (χ1n) is 8.38. The summed E-state index contributed by atoms with van der Waals surface area (Å²) in [5, 5.41) is 1.43. The fourth-order valence-corrected chi connectivity index (χ4v) is 5.54. The summed E-state index contributed by atoms with van der Waals surface area (Å²) in [4.78, 5) is 3.63. The van der Waals surface area contributed by atoms with Crippen molar-refractivity contribution in [2.24, 2.45) is 0 Å². The van der Waals surface area contributed by atoms with Crippen molar-refractivity contribution in [1.82, 2.24) is 9.29 Å². The normalized spacial score (nSPS) is 19.3. The van der Waals surface area contributed by atoms with Crippen molar-refractivity contribution in [3.63, 3.8) is 0 Å². The van der Waals surface area contributed by atoms with Crippen molar-refractivity contribution < 1.29 is 8.42 Å². The second-order valence-corrected chi connectivity index (χ2v) is 8.76. The molecule has 2 heterocycles. The Morgan fingerprint density at radius 3 is 2.64 bits per heavy atom. The molecule has 0 amide bonds. The first kappa shape index (κ1) is 16.6. The molecule has 25 heavy (non-hydrogen) atoms. The van der Waals surface area contributed by atoms with Gasteiger partial charge in [-0.3, -0.25) is 0 Å². The van der Waals surface area contributed by atoms with Gasteiger partial charge in [0.05, 0.1) is 5.02 Å². The summed E-state index contributed by atoms with van der Waals surface area (Å²) in [5.74, 6) is 0.165. The van der Waals surface area contributed by atoms with E-state index in [1.165, 1.54) is 0 Å². The minimum absolute atomic E-state index is 0.165. The number of fused-ring (bicyclic) bond motifs is 1. The summed E-state index contributed by atoms with van der Waals surface area (Å²) in [6.07, 6.45) is 1.81. The number of para-hydroxylation sites is 1. The highest BCUT2D eigenvalue weighted by Gasteiger charge is 2.32. The van der Waals surface area contributed by atoms with Crippen molar-refractivity contribution in [1.29, 1.82) is 0 Å². The lowest BCUT2D eigenvalue weighted by Crippen LogP contribution is -2.39. The van der Waals surface area contributed by atoms with Crippen LogP contribution < -0.4 is 0 Å². The number of aromatic amines is 1. The van der Waals surface area contributed by atoms with Crippen LogP contribution in [0.1, 0.15) is 24.5 Å². The molecule has 1 fully saturated rings. The van der Waals surface area contributed by atoms with E-state index in [4.69, 9.17) is 11.6 Å². The Morgan fingerprint density at radius 1 is 1.08 bits per heavy atom. The van der Waals surface area contributed by atoms with Gasteiger partial charge in [-0.25, -0.2) is 8.42 Å². The van der Waals surface area contributed by atoms with Gasteiger partial charge in [0.15, 0.2) is 0 Å². The molecule has 1 saturated heterocycles. The quantitative estimate of drug-likeness (QED) is 0.739. The average molecular weight is 375 g/mol. The maximum Gasteiger partial charge on any atom is 0.244 e. The molecule has 1 aromatic heterocycles. The van der Waals surface area contributed by atoms with Crippen molar-refractivity contribution in [3.8, 4) is 0 Å². The number of hydrogen-bond donors (Lipinski definition) is 1. The first-order valence-corrected chi connectivity index (χ1v) is 10.2. The molecule has 0 radical (unpaired) electrons. The van der Waals surface area contributed by atoms with Crippen LogP contribution in [0.4, 0.5) is 0 Å². The summed E-state index contributed by atoms with van der Waals surface area (Å²) >= 11 is 6.12. The molecule has 1 unspecified atom stereocenters. The highest BCUT2D eigenvalue weighted by molar-refractivity contribution is 7.89. The Balaban J connectivity index is 1.63. The molecule has 6 heteroatoms. The van der Waals surface area contributed by atoms with Gasteiger partial charge in [0, 0.05) is 30.2 Å². The SMILES string of the molecule is O=S(=O)(c1ccccc1Cl)N1CCCC(c2cc3ccccc3[nH]2)C1. The molecule has 1 N–H and O–H groups in total. The zero-order valence-electron chi connectivity index (χ0n) is 13.7. The Hall–Kier alpha value is -1.82. The highest BCUT2D eigenvalue weighted by atomic mass is 35.5. The molecule has 0 bridgehead atoms. The van der Waals surface area contributed by atoms with Gasteiger partial charge in [-0.1, -0.05) is 41.9 Å². The number of benzene rings is 2. The van der Waals surface area contributed by atoms with Crippen LogP contribution in [0.2, 0.25) is 5.02 Å². The number of sulfonamides is 1. The zero-order chi connectivity index (χ0) is 17.4. The van der Waals surface area contributed by atoms with Crippen LogP contribution in [-0.4, -0.2) is 30.8 Å². The highest BCUT2D eigenvalue weighted by Crippen LogP contribution is 2.33. The number of halogens is 1. The second kappa shape index (κ2) is 6.48.